The fourth-order valence-corrected chi connectivity index (χ4v) is 2.09. The van der Waals surface area contributed by atoms with E-state index in [0.717, 1.165) is 12.8 Å². The minimum Gasteiger partial charge on any atom is -0.291 e. The third kappa shape index (κ3) is 1.21. The van der Waals surface area contributed by atoms with Crippen LogP contribution in [0.1, 0.15) is 11.1 Å². The van der Waals surface area contributed by atoms with E-state index in [9.17, 15) is 5.26 Å². The lowest BCUT2D eigenvalue weighted by molar-refractivity contribution is 0.227. The molecule has 0 aliphatic heterocycles. The fraction of sp³-hybridized carbons (Fsp3) is 0.417. The summed E-state index contributed by atoms with van der Waals surface area (Å²) in [4.78, 5) is 2.03. The fourth-order valence-electron chi connectivity index (χ4n) is 2.09. The molecule has 0 atom stereocenters. The highest BCUT2D eigenvalue weighted by atomic mass is 15.1. The minimum atomic E-state index is -0.316. The molecule has 2 nitrogen and oxygen atoms in total. The number of fused-ring (bicyclic) bond motifs is 1. The van der Waals surface area contributed by atoms with Crippen molar-refractivity contribution in [3.63, 3.8) is 0 Å². The molecule has 72 valence electrons. The molecule has 0 bridgehead atoms. The number of hydrogen-bond donors (Lipinski definition) is 0. The molecule has 0 radical (unpaired) electrons. The second-order valence-electron chi connectivity index (χ2n) is 4.16. The summed E-state index contributed by atoms with van der Waals surface area (Å²) in [7, 11) is 3.96. The molecule has 2 heteroatoms. The van der Waals surface area contributed by atoms with E-state index in [-0.39, 0.29) is 5.54 Å². The SMILES string of the molecule is CN(C)C1(C#N)Cc2ccccc2C1. The van der Waals surface area contributed by atoms with Gasteiger partial charge in [0.2, 0.25) is 0 Å². The molecule has 0 heterocycles. The smallest absolute Gasteiger partial charge is 0.116 e. The number of nitriles is 1. The largest absolute Gasteiger partial charge is 0.291 e. The zero-order valence-corrected chi connectivity index (χ0v) is 8.62. The van der Waals surface area contributed by atoms with Crippen LogP contribution in [0.15, 0.2) is 24.3 Å². The molecule has 0 fully saturated rings. The van der Waals surface area contributed by atoms with Crippen LogP contribution in [-0.4, -0.2) is 24.5 Å². The van der Waals surface area contributed by atoms with Crippen molar-refractivity contribution >= 4 is 0 Å². The van der Waals surface area contributed by atoms with Gasteiger partial charge in [0.25, 0.3) is 0 Å². The Labute approximate surface area is 84.8 Å². The molecule has 0 saturated carbocycles. The molecule has 1 aliphatic rings. The van der Waals surface area contributed by atoms with E-state index in [2.05, 4.69) is 18.2 Å². The maximum absolute atomic E-state index is 9.27. The lowest BCUT2D eigenvalue weighted by Gasteiger charge is -2.28. The van der Waals surface area contributed by atoms with E-state index in [1.807, 2.05) is 31.1 Å². The second-order valence-corrected chi connectivity index (χ2v) is 4.16. The number of nitrogens with zero attached hydrogens (tertiary/aromatic N) is 2. The highest BCUT2D eigenvalue weighted by Crippen LogP contribution is 2.32. The van der Waals surface area contributed by atoms with E-state index in [1.165, 1.54) is 11.1 Å². The van der Waals surface area contributed by atoms with Gasteiger partial charge in [0.15, 0.2) is 0 Å². The maximum atomic E-state index is 9.27. The van der Waals surface area contributed by atoms with Crippen molar-refractivity contribution in [3.05, 3.63) is 35.4 Å². The monoisotopic (exact) mass is 186 g/mol. The predicted molar refractivity (Wildman–Crippen MR) is 55.9 cm³/mol. The van der Waals surface area contributed by atoms with Crippen LogP contribution in [0.5, 0.6) is 0 Å². The van der Waals surface area contributed by atoms with Gasteiger partial charge in [0.1, 0.15) is 5.54 Å². The molecule has 14 heavy (non-hydrogen) atoms. The first-order chi connectivity index (χ1) is 6.68. The molecular formula is C12H14N2. The van der Waals surface area contributed by atoms with Gasteiger partial charge in [-0.2, -0.15) is 5.26 Å². The van der Waals surface area contributed by atoms with E-state index < -0.39 is 0 Å². The van der Waals surface area contributed by atoms with Crippen LogP contribution >= 0.6 is 0 Å². The van der Waals surface area contributed by atoms with E-state index >= 15 is 0 Å². The van der Waals surface area contributed by atoms with Crippen molar-refractivity contribution in [3.8, 4) is 6.07 Å². The summed E-state index contributed by atoms with van der Waals surface area (Å²) in [5, 5.41) is 9.27. The first-order valence-corrected chi connectivity index (χ1v) is 4.83. The normalized spacial score (nSPS) is 17.9. The first-order valence-electron chi connectivity index (χ1n) is 4.83. The Morgan fingerprint density at radius 3 is 2.07 bits per heavy atom. The van der Waals surface area contributed by atoms with Crippen molar-refractivity contribution in [2.45, 2.75) is 18.4 Å². The van der Waals surface area contributed by atoms with Gasteiger partial charge in [0.05, 0.1) is 6.07 Å². The standard InChI is InChI=1S/C12H14N2/c1-14(2)12(9-13)7-10-5-3-4-6-11(10)8-12/h3-6H,7-8H2,1-2H3. The Morgan fingerprint density at radius 2 is 1.71 bits per heavy atom. The maximum Gasteiger partial charge on any atom is 0.116 e. The van der Waals surface area contributed by atoms with Gasteiger partial charge in [-0.25, -0.2) is 0 Å². The number of benzene rings is 1. The molecule has 1 aliphatic carbocycles. The van der Waals surface area contributed by atoms with Gasteiger partial charge in [-0.05, 0) is 25.2 Å². The van der Waals surface area contributed by atoms with Gasteiger partial charge in [0, 0.05) is 12.8 Å². The van der Waals surface area contributed by atoms with Crippen LogP contribution in [0.4, 0.5) is 0 Å². The van der Waals surface area contributed by atoms with Crippen LogP contribution < -0.4 is 0 Å². The second kappa shape index (κ2) is 3.11. The van der Waals surface area contributed by atoms with Gasteiger partial charge in [-0.15, -0.1) is 0 Å². The highest BCUT2D eigenvalue weighted by molar-refractivity contribution is 5.39. The Kier molecular flexibility index (Phi) is 2.05. The summed E-state index contributed by atoms with van der Waals surface area (Å²) in [6, 6.07) is 10.8. The summed E-state index contributed by atoms with van der Waals surface area (Å²) >= 11 is 0. The van der Waals surface area contributed by atoms with Gasteiger partial charge in [-0.3, -0.25) is 4.90 Å². The molecule has 0 aromatic heterocycles. The van der Waals surface area contributed by atoms with Crippen LogP contribution in [0.2, 0.25) is 0 Å². The number of hydrogen-bond acceptors (Lipinski definition) is 2. The quantitative estimate of drug-likeness (QED) is 0.666. The van der Waals surface area contributed by atoms with Gasteiger partial charge < -0.3 is 0 Å². The molecule has 0 N–H and O–H groups in total. The molecular weight excluding hydrogens is 172 g/mol. The highest BCUT2D eigenvalue weighted by Gasteiger charge is 2.39. The number of likely N-dealkylation sites (N-methyl/N-ethyl adjacent to an activating group) is 1. The predicted octanol–water partition coefficient (Wildman–Crippen LogP) is 1.61. The van der Waals surface area contributed by atoms with E-state index in [1.54, 1.807) is 0 Å². The third-order valence-corrected chi connectivity index (χ3v) is 3.15. The van der Waals surface area contributed by atoms with Gasteiger partial charge >= 0.3 is 0 Å². The average molecular weight is 186 g/mol. The molecule has 0 spiro atoms. The summed E-state index contributed by atoms with van der Waals surface area (Å²) in [5.41, 5.74) is 2.33. The average Bonchev–Trinajstić information content (AvgIpc) is 2.57. The zero-order valence-electron chi connectivity index (χ0n) is 8.62. The third-order valence-electron chi connectivity index (χ3n) is 3.15. The molecule has 2 rings (SSSR count). The molecule has 1 aromatic carbocycles. The van der Waals surface area contributed by atoms with Crippen molar-refractivity contribution < 1.29 is 0 Å². The van der Waals surface area contributed by atoms with Crippen molar-refractivity contribution in [2.75, 3.05) is 14.1 Å². The molecule has 0 unspecified atom stereocenters. The molecule has 0 amide bonds. The lowest BCUT2D eigenvalue weighted by Crippen LogP contribution is -2.43. The Morgan fingerprint density at radius 1 is 1.21 bits per heavy atom. The van der Waals surface area contributed by atoms with E-state index in [0.29, 0.717) is 0 Å². The molecule has 1 aromatic rings. The zero-order chi connectivity index (χ0) is 10.2. The van der Waals surface area contributed by atoms with E-state index in [4.69, 9.17) is 0 Å². The van der Waals surface area contributed by atoms with Crippen LogP contribution in [-0.2, 0) is 12.8 Å². The van der Waals surface area contributed by atoms with Crippen LogP contribution in [0.25, 0.3) is 0 Å². The summed E-state index contributed by atoms with van der Waals surface area (Å²) < 4.78 is 0. The Balaban J connectivity index is 2.39. The number of rotatable bonds is 1. The van der Waals surface area contributed by atoms with Crippen LogP contribution in [0.3, 0.4) is 0 Å². The van der Waals surface area contributed by atoms with Crippen LogP contribution in [0, 0.1) is 11.3 Å². The first kappa shape index (κ1) is 9.23. The van der Waals surface area contributed by atoms with Crippen molar-refractivity contribution in [1.82, 2.24) is 4.90 Å². The Bertz CT molecular complexity index is 363. The summed E-state index contributed by atoms with van der Waals surface area (Å²) in [6.45, 7) is 0. The topological polar surface area (TPSA) is 27.0 Å². The van der Waals surface area contributed by atoms with Gasteiger partial charge in [-0.1, -0.05) is 24.3 Å². The Hall–Kier alpha value is -1.33. The minimum absolute atomic E-state index is 0.316. The molecule has 0 saturated heterocycles. The van der Waals surface area contributed by atoms with Crippen molar-refractivity contribution in [2.24, 2.45) is 0 Å². The lowest BCUT2D eigenvalue weighted by atomic mass is 9.96. The van der Waals surface area contributed by atoms with Crippen molar-refractivity contribution in [1.29, 1.82) is 5.26 Å². The summed E-state index contributed by atoms with van der Waals surface area (Å²) in [5.74, 6) is 0. The summed E-state index contributed by atoms with van der Waals surface area (Å²) in [6.07, 6.45) is 1.71.